The number of hydrazine groups is 1. The Hall–Kier alpha value is -3.30. The summed E-state index contributed by atoms with van der Waals surface area (Å²) in [5.41, 5.74) is 10.1. The third-order valence-electron chi connectivity index (χ3n) is 5.04. The fourth-order valence-corrected chi connectivity index (χ4v) is 3.34. The number of pyridine rings is 1. The van der Waals surface area contributed by atoms with Crippen LogP contribution in [0.3, 0.4) is 0 Å². The monoisotopic (exact) mass is 408 g/mol. The van der Waals surface area contributed by atoms with Crippen molar-refractivity contribution in [2.24, 2.45) is 5.84 Å². The van der Waals surface area contributed by atoms with Crippen LogP contribution in [0.1, 0.15) is 25.1 Å². The van der Waals surface area contributed by atoms with Gasteiger partial charge in [-0.05, 0) is 37.6 Å². The fraction of sp³-hybridized carbons (Fsp3) is 0.286. The van der Waals surface area contributed by atoms with Gasteiger partial charge in [-0.1, -0.05) is 12.1 Å². The molecule has 3 heterocycles. The minimum Gasteiger partial charge on any atom is -0.397 e. The van der Waals surface area contributed by atoms with Crippen molar-refractivity contribution in [3.63, 3.8) is 0 Å². The van der Waals surface area contributed by atoms with Crippen molar-refractivity contribution in [2.45, 2.75) is 32.9 Å². The van der Waals surface area contributed by atoms with Crippen LogP contribution in [0.15, 0.2) is 36.5 Å². The van der Waals surface area contributed by atoms with Crippen LogP contribution in [0.5, 0.6) is 0 Å². The number of fused-ring (bicyclic) bond motifs is 1. The molecule has 9 heteroatoms. The Bertz CT molecular complexity index is 1070. The predicted molar refractivity (Wildman–Crippen MR) is 117 cm³/mol. The molecule has 0 bridgehead atoms. The number of anilines is 4. The van der Waals surface area contributed by atoms with Crippen LogP contribution >= 0.6 is 0 Å². The third-order valence-corrected chi connectivity index (χ3v) is 5.04. The normalized spacial score (nSPS) is 13.2. The van der Waals surface area contributed by atoms with Crippen LogP contribution in [0, 0.1) is 5.82 Å². The minimum absolute atomic E-state index is 0.0281. The molecule has 0 unspecified atom stereocenters. The van der Waals surface area contributed by atoms with Gasteiger partial charge in [0.15, 0.2) is 5.82 Å². The summed E-state index contributed by atoms with van der Waals surface area (Å²) in [4.78, 5) is 13.1. The Morgan fingerprint density at radius 3 is 2.83 bits per heavy atom. The second-order valence-electron chi connectivity index (χ2n) is 7.52. The van der Waals surface area contributed by atoms with Crippen LogP contribution < -0.4 is 27.2 Å². The molecule has 0 radical (unpaired) electrons. The third kappa shape index (κ3) is 4.03. The molecule has 1 aliphatic heterocycles. The first-order valence-corrected chi connectivity index (χ1v) is 9.85. The van der Waals surface area contributed by atoms with Gasteiger partial charge in [-0.2, -0.15) is 0 Å². The van der Waals surface area contributed by atoms with Gasteiger partial charge in [-0.3, -0.25) is 0 Å². The number of nitrogens with one attached hydrogen (secondary N) is 2. The average Bonchev–Trinajstić information content (AvgIpc) is 2.75. The number of nitrogens with two attached hydrogens (primary N) is 2. The predicted octanol–water partition coefficient (Wildman–Crippen LogP) is 2.74. The Labute approximate surface area is 174 Å². The maximum atomic E-state index is 14.6. The SMILES string of the molecule is CC(C)N(N)c1cc(-c2nc(Nc3ccc4c(n3)CCNC4)ncc2F)ccc1N. The Kier molecular flexibility index (Phi) is 5.47. The standard InChI is InChI=1S/C21H25FN8/c1-12(2)30(24)18-9-13(3-5-16(18)23)20-15(22)11-26-21(29-20)28-19-6-4-14-10-25-8-7-17(14)27-19/h3-6,9,11-12,25H,7-8,10,23-24H2,1-2H3,(H,26,27,28,29). The first-order valence-electron chi connectivity index (χ1n) is 9.85. The molecule has 2 aromatic heterocycles. The van der Waals surface area contributed by atoms with E-state index in [0.717, 1.165) is 31.4 Å². The first kappa shape index (κ1) is 20.0. The van der Waals surface area contributed by atoms with Crippen LogP contribution in [-0.2, 0) is 13.0 Å². The molecule has 0 aliphatic carbocycles. The van der Waals surface area contributed by atoms with Crippen LogP contribution in [0.4, 0.5) is 27.5 Å². The van der Waals surface area contributed by atoms with E-state index in [9.17, 15) is 4.39 Å². The summed E-state index contributed by atoms with van der Waals surface area (Å²) in [5, 5.41) is 7.94. The molecule has 0 fully saturated rings. The molecule has 0 spiro atoms. The number of nitrogens with zero attached hydrogens (tertiary/aromatic N) is 4. The number of hydrogen-bond donors (Lipinski definition) is 4. The van der Waals surface area contributed by atoms with Crippen molar-refractivity contribution in [1.29, 1.82) is 0 Å². The molecule has 3 aromatic rings. The molecule has 0 amide bonds. The first-order chi connectivity index (χ1) is 14.4. The lowest BCUT2D eigenvalue weighted by molar-refractivity contribution is 0.618. The van der Waals surface area contributed by atoms with Gasteiger partial charge in [-0.25, -0.2) is 25.2 Å². The van der Waals surface area contributed by atoms with Gasteiger partial charge in [-0.15, -0.1) is 0 Å². The molecular formula is C21H25FN8. The lowest BCUT2D eigenvalue weighted by Crippen LogP contribution is -2.37. The molecule has 6 N–H and O–H groups in total. The van der Waals surface area contributed by atoms with E-state index in [2.05, 4.69) is 25.6 Å². The quantitative estimate of drug-likeness (QED) is 0.289. The zero-order chi connectivity index (χ0) is 21.3. The highest BCUT2D eigenvalue weighted by Gasteiger charge is 2.16. The summed E-state index contributed by atoms with van der Waals surface area (Å²) in [6.45, 7) is 5.60. The van der Waals surface area contributed by atoms with E-state index in [1.807, 2.05) is 26.0 Å². The lowest BCUT2D eigenvalue weighted by Gasteiger charge is -2.25. The zero-order valence-electron chi connectivity index (χ0n) is 17.0. The minimum atomic E-state index is -0.533. The van der Waals surface area contributed by atoms with Crippen LogP contribution in [0.2, 0.25) is 0 Å². The largest absolute Gasteiger partial charge is 0.397 e. The topological polar surface area (TPSA) is 118 Å². The van der Waals surface area contributed by atoms with Crippen molar-refractivity contribution in [1.82, 2.24) is 20.3 Å². The number of benzene rings is 1. The Morgan fingerprint density at radius 1 is 1.20 bits per heavy atom. The lowest BCUT2D eigenvalue weighted by atomic mass is 10.1. The van der Waals surface area contributed by atoms with E-state index in [4.69, 9.17) is 11.6 Å². The van der Waals surface area contributed by atoms with Gasteiger partial charge >= 0.3 is 0 Å². The van der Waals surface area contributed by atoms with E-state index >= 15 is 0 Å². The second kappa shape index (κ2) is 8.21. The van der Waals surface area contributed by atoms with Crippen molar-refractivity contribution in [3.05, 3.63) is 53.6 Å². The average molecular weight is 408 g/mol. The van der Waals surface area contributed by atoms with Crippen LogP contribution in [-0.4, -0.2) is 27.5 Å². The fourth-order valence-electron chi connectivity index (χ4n) is 3.34. The Morgan fingerprint density at radius 2 is 2.03 bits per heavy atom. The number of aromatic nitrogens is 3. The Balaban J connectivity index is 1.65. The summed E-state index contributed by atoms with van der Waals surface area (Å²) >= 11 is 0. The van der Waals surface area contributed by atoms with Gasteiger partial charge < -0.3 is 21.4 Å². The van der Waals surface area contributed by atoms with Crippen molar-refractivity contribution < 1.29 is 4.39 Å². The van der Waals surface area contributed by atoms with Gasteiger partial charge in [0.25, 0.3) is 0 Å². The van der Waals surface area contributed by atoms with Crippen molar-refractivity contribution >= 4 is 23.1 Å². The molecule has 0 saturated heterocycles. The highest BCUT2D eigenvalue weighted by Crippen LogP contribution is 2.30. The highest BCUT2D eigenvalue weighted by atomic mass is 19.1. The smallest absolute Gasteiger partial charge is 0.229 e. The molecule has 30 heavy (non-hydrogen) atoms. The van der Waals surface area contributed by atoms with Gasteiger partial charge in [0.05, 0.1) is 17.6 Å². The summed E-state index contributed by atoms with van der Waals surface area (Å²) in [5.74, 6) is 6.47. The number of nitrogen functional groups attached to an aromatic ring is 1. The zero-order valence-corrected chi connectivity index (χ0v) is 17.0. The van der Waals surface area contributed by atoms with Crippen LogP contribution in [0.25, 0.3) is 11.3 Å². The summed E-state index contributed by atoms with van der Waals surface area (Å²) < 4.78 is 14.6. The maximum absolute atomic E-state index is 14.6. The molecular weight excluding hydrogens is 383 g/mol. The van der Waals surface area contributed by atoms with Crippen molar-refractivity contribution in [3.8, 4) is 11.3 Å². The second-order valence-corrected chi connectivity index (χ2v) is 7.52. The maximum Gasteiger partial charge on any atom is 0.229 e. The van der Waals surface area contributed by atoms with Gasteiger partial charge in [0, 0.05) is 36.8 Å². The van der Waals surface area contributed by atoms with Gasteiger partial charge in [0.1, 0.15) is 11.5 Å². The summed E-state index contributed by atoms with van der Waals surface area (Å²) in [6, 6.07) is 9.06. The molecule has 1 aromatic carbocycles. The molecule has 8 nitrogen and oxygen atoms in total. The van der Waals surface area contributed by atoms with E-state index in [0.29, 0.717) is 22.8 Å². The van der Waals surface area contributed by atoms with Gasteiger partial charge in [0.2, 0.25) is 5.95 Å². The molecule has 1 aliphatic rings. The highest BCUT2D eigenvalue weighted by molar-refractivity contribution is 5.76. The number of hydrogen-bond acceptors (Lipinski definition) is 8. The van der Waals surface area contributed by atoms with E-state index in [1.54, 1.807) is 23.2 Å². The summed E-state index contributed by atoms with van der Waals surface area (Å²) in [6.07, 6.45) is 2.01. The van der Waals surface area contributed by atoms with E-state index < -0.39 is 5.82 Å². The number of halogens is 1. The molecule has 0 saturated carbocycles. The molecule has 0 atom stereocenters. The molecule has 4 rings (SSSR count). The number of rotatable bonds is 5. The summed E-state index contributed by atoms with van der Waals surface area (Å²) in [7, 11) is 0. The van der Waals surface area contributed by atoms with E-state index in [-0.39, 0.29) is 17.7 Å². The molecule has 156 valence electrons. The van der Waals surface area contributed by atoms with E-state index in [1.165, 1.54) is 5.56 Å². The van der Waals surface area contributed by atoms with Crippen molar-refractivity contribution in [2.75, 3.05) is 22.6 Å².